The fraction of sp³-hybridized carbons (Fsp3) is 0.385. The van der Waals surface area contributed by atoms with Crippen LogP contribution in [0.25, 0.3) is 10.9 Å². The van der Waals surface area contributed by atoms with Gasteiger partial charge in [0, 0.05) is 23.0 Å². The van der Waals surface area contributed by atoms with Gasteiger partial charge in [-0.25, -0.2) is 4.79 Å². The Kier molecular flexibility index (Phi) is 3.10. The van der Waals surface area contributed by atoms with Crippen molar-refractivity contribution in [1.29, 1.82) is 0 Å². The predicted octanol–water partition coefficient (Wildman–Crippen LogP) is 2.08. The molecule has 2 heterocycles. The van der Waals surface area contributed by atoms with Gasteiger partial charge in [0.2, 0.25) is 0 Å². The van der Waals surface area contributed by atoms with Crippen LogP contribution in [0.1, 0.15) is 22.8 Å². The minimum Gasteiger partial charge on any atom is -0.465 e. The lowest BCUT2D eigenvalue weighted by Gasteiger charge is -2.07. The Balaban J connectivity index is 2.05. The number of esters is 1. The molecule has 1 fully saturated rings. The van der Waals surface area contributed by atoms with Crippen LogP contribution >= 0.6 is 11.8 Å². The van der Waals surface area contributed by atoms with Crippen LogP contribution in [0.3, 0.4) is 0 Å². The van der Waals surface area contributed by atoms with Crippen molar-refractivity contribution < 1.29 is 9.53 Å². The third-order valence-corrected chi connectivity index (χ3v) is 4.52. The Morgan fingerprint density at radius 1 is 1.58 bits per heavy atom. The zero-order valence-electron chi connectivity index (χ0n) is 10.6. The molecule has 1 saturated heterocycles. The number of fused-ring (bicyclic) bond motifs is 1. The molecule has 0 spiro atoms. The molecule has 0 aliphatic carbocycles. The summed E-state index contributed by atoms with van der Waals surface area (Å²) in [7, 11) is 1.35. The SMILES string of the molecule is COC(=O)c1cc2nn([C@H]3CCSC3)cc2cc1N. The molecule has 2 N–H and O–H groups in total. The van der Waals surface area contributed by atoms with Gasteiger partial charge in [-0.05, 0) is 24.3 Å². The standard InChI is InChI=1S/C13H15N3O2S/c1-18-13(17)10-5-12-8(4-11(10)14)6-16(15-12)9-2-3-19-7-9/h4-6,9H,2-3,7,14H2,1H3/t9-/m0/s1. The van der Waals surface area contributed by atoms with Gasteiger partial charge in [0.15, 0.2) is 0 Å². The summed E-state index contributed by atoms with van der Waals surface area (Å²) in [5.74, 6) is 1.84. The highest BCUT2D eigenvalue weighted by atomic mass is 32.2. The fourth-order valence-corrected chi connectivity index (χ4v) is 3.51. The lowest BCUT2D eigenvalue weighted by atomic mass is 10.1. The highest BCUT2D eigenvalue weighted by Gasteiger charge is 2.19. The Morgan fingerprint density at radius 2 is 2.42 bits per heavy atom. The summed E-state index contributed by atoms with van der Waals surface area (Å²) in [6, 6.07) is 3.93. The van der Waals surface area contributed by atoms with Crippen molar-refractivity contribution in [3.63, 3.8) is 0 Å². The summed E-state index contributed by atoms with van der Waals surface area (Å²) >= 11 is 1.94. The fourth-order valence-electron chi connectivity index (χ4n) is 2.31. The van der Waals surface area contributed by atoms with Crippen LogP contribution in [-0.4, -0.2) is 34.4 Å². The number of aromatic nitrogens is 2. The summed E-state index contributed by atoms with van der Waals surface area (Å²) < 4.78 is 6.71. The number of nitrogen functional groups attached to an aromatic ring is 1. The maximum absolute atomic E-state index is 11.6. The van der Waals surface area contributed by atoms with E-state index in [0.29, 0.717) is 17.3 Å². The van der Waals surface area contributed by atoms with E-state index >= 15 is 0 Å². The molecule has 6 heteroatoms. The number of thioether (sulfide) groups is 1. The summed E-state index contributed by atoms with van der Waals surface area (Å²) in [6.45, 7) is 0. The Morgan fingerprint density at radius 3 is 3.11 bits per heavy atom. The molecule has 0 bridgehead atoms. The van der Waals surface area contributed by atoms with Crippen LogP contribution in [0.15, 0.2) is 18.3 Å². The molecule has 1 aromatic heterocycles. The van der Waals surface area contributed by atoms with Crippen LogP contribution in [0.2, 0.25) is 0 Å². The first-order valence-electron chi connectivity index (χ1n) is 6.13. The molecule has 1 aliphatic rings. The van der Waals surface area contributed by atoms with Crippen molar-refractivity contribution in [1.82, 2.24) is 9.78 Å². The predicted molar refractivity (Wildman–Crippen MR) is 76.5 cm³/mol. The maximum Gasteiger partial charge on any atom is 0.340 e. The molecule has 2 aromatic rings. The van der Waals surface area contributed by atoms with Gasteiger partial charge in [0.25, 0.3) is 0 Å². The summed E-state index contributed by atoms with van der Waals surface area (Å²) in [6.07, 6.45) is 3.14. The number of nitrogens with zero attached hydrogens (tertiary/aromatic N) is 2. The number of ether oxygens (including phenoxy) is 1. The molecule has 19 heavy (non-hydrogen) atoms. The van der Waals surface area contributed by atoms with Crippen molar-refractivity contribution in [2.45, 2.75) is 12.5 Å². The molecule has 0 unspecified atom stereocenters. The van der Waals surface area contributed by atoms with Crippen LogP contribution in [0.4, 0.5) is 5.69 Å². The molecule has 1 aliphatic heterocycles. The molecule has 5 nitrogen and oxygen atoms in total. The number of carbonyl (C=O) groups excluding carboxylic acids is 1. The molecule has 3 rings (SSSR count). The van der Waals surface area contributed by atoms with Crippen molar-refractivity contribution in [2.24, 2.45) is 0 Å². The third-order valence-electron chi connectivity index (χ3n) is 3.38. The van der Waals surface area contributed by atoms with Gasteiger partial charge in [-0.1, -0.05) is 0 Å². The number of hydrogen-bond donors (Lipinski definition) is 1. The second-order valence-electron chi connectivity index (χ2n) is 4.62. The van der Waals surface area contributed by atoms with Gasteiger partial charge in [-0.15, -0.1) is 0 Å². The number of hydrogen-bond acceptors (Lipinski definition) is 5. The topological polar surface area (TPSA) is 70.1 Å². The second-order valence-corrected chi connectivity index (χ2v) is 5.77. The number of anilines is 1. The summed E-state index contributed by atoms with van der Waals surface area (Å²) in [5, 5.41) is 5.51. The monoisotopic (exact) mass is 277 g/mol. The van der Waals surface area contributed by atoms with E-state index in [9.17, 15) is 4.79 Å². The first-order valence-corrected chi connectivity index (χ1v) is 7.29. The van der Waals surface area contributed by atoms with E-state index in [4.69, 9.17) is 10.5 Å². The molecule has 1 atom stereocenters. The van der Waals surface area contributed by atoms with E-state index in [2.05, 4.69) is 5.10 Å². The van der Waals surface area contributed by atoms with E-state index in [1.165, 1.54) is 12.9 Å². The zero-order chi connectivity index (χ0) is 13.4. The molecular weight excluding hydrogens is 262 g/mol. The average Bonchev–Trinajstić information content (AvgIpc) is 3.04. The van der Waals surface area contributed by atoms with E-state index < -0.39 is 5.97 Å². The number of benzene rings is 1. The molecule has 100 valence electrons. The van der Waals surface area contributed by atoms with Gasteiger partial charge in [-0.3, -0.25) is 4.68 Å². The van der Waals surface area contributed by atoms with Crippen LogP contribution in [0.5, 0.6) is 0 Å². The Hall–Kier alpha value is -1.69. The summed E-state index contributed by atoms with van der Waals surface area (Å²) in [5.41, 5.74) is 7.47. The smallest absolute Gasteiger partial charge is 0.340 e. The van der Waals surface area contributed by atoms with E-state index in [1.807, 2.05) is 22.6 Å². The van der Waals surface area contributed by atoms with E-state index in [1.54, 1.807) is 12.1 Å². The number of rotatable bonds is 2. The normalized spacial score (nSPS) is 18.9. The van der Waals surface area contributed by atoms with Gasteiger partial charge in [0.05, 0.1) is 24.2 Å². The Bertz CT molecular complexity index is 632. The molecular formula is C13H15N3O2S. The number of nitrogens with two attached hydrogens (primary N) is 1. The summed E-state index contributed by atoms with van der Waals surface area (Å²) in [4.78, 5) is 11.6. The van der Waals surface area contributed by atoms with Crippen molar-refractivity contribution in [3.8, 4) is 0 Å². The second kappa shape index (κ2) is 4.77. The molecule has 0 saturated carbocycles. The van der Waals surface area contributed by atoms with Crippen LogP contribution < -0.4 is 5.73 Å². The van der Waals surface area contributed by atoms with Crippen molar-refractivity contribution in [2.75, 3.05) is 24.3 Å². The highest BCUT2D eigenvalue weighted by Crippen LogP contribution is 2.29. The minimum absolute atomic E-state index is 0.376. The highest BCUT2D eigenvalue weighted by molar-refractivity contribution is 7.99. The Labute approximate surface area is 115 Å². The van der Waals surface area contributed by atoms with Crippen LogP contribution in [0, 0.1) is 0 Å². The zero-order valence-corrected chi connectivity index (χ0v) is 11.4. The van der Waals surface area contributed by atoms with E-state index in [-0.39, 0.29) is 0 Å². The molecule has 0 radical (unpaired) electrons. The number of methoxy groups -OCH3 is 1. The van der Waals surface area contributed by atoms with E-state index in [0.717, 1.165) is 23.1 Å². The largest absolute Gasteiger partial charge is 0.465 e. The lowest BCUT2D eigenvalue weighted by molar-refractivity contribution is 0.0602. The van der Waals surface area contributed by atoms with Gasteiger partial charge in [0.1, 0.15) is 0 Å². The average molecular weight is 277 g/mol. The van der Waals surface area contributed by atoms with Gasteiger partial charge in [-0.2, -0.15) is 16.9 Å². The molecule has 1 aromatic carbocycles. The first-order chi connectivity index (χ1) is 9.19. The quantitative estimate of drug-likeness (QED) is 0.672. The molecule has 0 amide bonds. The van der Waals surface area contributed by atoms with Crippen molar-refractivity contribution in [3.05, 3.63) is 23.9 Å². The van der Waals surface area contributed by atoms with Crippen LogP contribution in [-0.2, 0) is 4.74 Å². The minimum atomic E-state index is -0.426. The van der Waals surface area contributed by atoms with Gasteiger partial charge >= 0.3 is 5.97 Å². The first kappa shape index (κ1) is 12.3. The number of carbonyl (C=O) groups is 1. The third kappa shape index (κ3) is 2.16. The van der Waals surface area contributed by atoms with Gasteiger partial charge < -0.3 is 10.5 Å². The maximum atomic E-state index is 11.6. The lowest BCUT2D eigenvalue weighted by Crippen LogP contribution is -2.07. The van der Waals surface area contributed by atoms with Crippen molar-refractivity contribution >= 4 is 34.3 Å².